The number of rotatable bonds is 7. The first-order valence-corrected chi connectivity index (χ1v) is 10.4. The van der Waals surface area contributed by atoms with Crippen LogP contribution in [0.15, 0.2) is 41.4 Å². The number of hydrogen-bond donors (Lipinski definition) is 2. The summed E-state index contributed by atoms with van der Waals surface area (Å²) in [5, 5.41) is 6.60. The van der Waals surface area contributed by atoms with Gasteiger partial charge in [0.25, 0.3) is 0 Å². The van der Waals surface area contributed by atoms with Gasteiger partial charge < -0.3 is 15.5 Å². The fourth-order valence-electron chi connectivity index (χ4n) is 3.25. The number of fused-ring (bicyclic) bond motifs is 1. The molecule has 1 aromatic heterocycles. The lowest BCUT2D eigenvalue weighted by Gasteiger charge is -2.17. The van der Waals surface area contributed by atoms with Crippen LogP contribution in [0, 0.1) is 6.92 Å². The second-order valence-electron chi connectivity index (χ2n) is 6.66. The summed E-state index contributed by atoms with van der Waals surface area (Å²) in [4.78, 5) is 21.7. The van der Waals surface area contributed by atoms with Crippen LogP contribution in [0.2, 0.25) is 0 Å². The number of nitrogens with one attached hydrogen (secondary N) is 2. The number of anilines is 1. The third kappa shape index (κ3) is 6.20. The van der Waals surface area contributed by atoms with Gasteiger partial charge in [0.05, 0.1) is 6.54 Å². The topological polar surface area (TPSA) is 56.7 Å². The fraction of sp³-hybridized carbons (Fsp3) is 0.429. The van der Waals surface area contributed by atoms with Crippen LogP contribution in [0.25, 0.3) is 0 Å². The molecule has 0 saturated heterocycles. The first-order chi connectivity index (χ1) is 13.2. The number of amides is 1. The standard InChI is InChI=1S/C21H28N4OS.HI/c1-3-22-21(24-15-18-11-10-16(2)27-18)23-13-6-9-20(26)25-14-12-17-7-4-5-8-19(17)25;/h4-5,7-8,10-11H,3,6,9,12-15H2,1-2H3,(H2,22,23,24);1H. The van der Waals surface area contributed by atoms with Crippen molar-refractivity contribution in [3.05, 3.63) is 51.7 Å². The minimum atomic E-state index is 0. The van der Waals surface area contributed by atoms with Gasteiger partial charge in [-0.1, -0.05) is 18.2 Å². The smallest absolute Gasteiger partial charge is 0.227 e. The van der Waals surface area contributed by atoms with Crippen LogP contribution in [0.4, 0.5) is 5.69 Å². The van der Waals surface area contributed by atoms with E-state index < -0.39 is 0 Å². The molecule has 5 nitrogen and oxygen atoms in total. The number of carbonyl (C=O) groups is 1. The number of aliphatic imine (C=N–C) groups is 1. The summed E-state index contributed by atoms with van der Waals surface area (Å²) >= 11 is 1.78. The minimum Gasteiger partial charge on any atom is -0.357 e. The molecule has 0 spiro atoms. The summed E-state index contributed by atoms with van der Waals surface area (Å²) in [5.74, 6) is 1.01. The van der Waals surface area contributed by atoms with Crippen molar-refractivity contribution >= 4 is 52.9 Å². The normalized spacial score (nSPS) is 13.1. The van der Waals surface area contributed by atoms with Gasteiger partial charge in [-0.15, -0.1) is 35.3 Å². The van der Waals surface area contributed by atoms with Gasteiger partial charge in [0.15, 0.2) is 5.96 Å². The maximum atomic E-state index is 12.5. The number of nitrogens with zero attached hydrogens (tertiary/aromatic N) is 2. The van der Waals surface area contributed by atoms with Gasteiger partial charge in [-0.3, -0.25) is 4.79 Å². The van der Waals surface area contributed by atoms with E-state index in [1.54, 1.807) is 11.3 Å². The molecule has 1 amide bonds. The summed E-state index contributed by atoms with van der Waals surface area (Å²) < 4.78 is 0. The van der Waals surface area contributed by atoms with E-state index in [1.165, 1.54) is 15.3 Å². The third-order valence-corrected chi connectivity index (χ3v) is 5.57. The number of carbonyl (C=O) groups excluding carboxylic acids is 1. The van der Waals surface area contributed by atoms with Crippen molar-refractivity contribution < 1.29 is 4.79 Å². The molecule has 0 fully saturated rings. The van der Waals surface area contributed by atoms with Crippen molar-refractivity contribution in [1.82, 2.24) is 10.6 Å². The first-order valence-electron chi connectivity index (χ1n) is 9.63. The highest BCUT2D eigenvalue weighted by Crippen LogP contribution is 2.27. The Kier molecular flexibility index (Phi) is 9.24. The van der Waals surface area contributed by atoms with Crippen molar-refractivity contribution in [3.63, 3.8) is 0 Å². The highest BCUT2D eigenvalue weighted by atomic mass is 127. The fourth-order valence-corrected chi connectivity index (χ4v) is 4.06. The van der Waals surface area contributed by atoms with Gasteiger partial charge in [0.2, 0.25) is 5.91 Å². The maximum absolute atomic E-state index is 12.5. The lowest BCUT2D eigenvalue weighted by Crippen LogP contribution is -2.38. The zero-order valence-corrected chi connectivity index (χ0v) is 19.7. The number of halogens is 1. The highest BCUT2D eigenvalue weighted by molar-refractivity contribution is 14.0. The SMILES string of the molecule is CCNC(=NCc1ccc(C)s1)NCCCC(=O)N1CCc2ccccc21.I. The molecular weight excluding hydrogens is 483 g/mol. The summed E-state index contributed by atoms with van der Waals surface area (Å²) in [6, 6.07) is 12.4. The molecule has 2 N–H and O–H groups in total. The van der Waals surface area contributed by atoms with E-state index in [4.69, 9.17) is 0 Å². The zero-order chi connectivity index (χ0) is 19.1. The van der Waals surface area contributed by atoms with E-state index in [-0.39, 0.29) is 29.9 Å². The van der Waals surface area contributed by atoms with Crippen molar-refractivity contribution in [2.45, 2.75) is 39.7 Å². The Bertz CT molecular complexity index is 805. The van der Waals surface area contributed by atoms with Crippen molar-refractivity contribution in [1.29, 1.82) is 0 Å². The number of benzene rings is 1. The summed E-state index contributed by atoms with van der Waals surface area (Å²) in [7, 11) is 0. The van der Waals surface area contributed by atoms with Gasteiger partial charge in [0.1, 0.15) is 0 Å². The van der Waals surface area contributed by atoms with Crippen molar-refractivity contribution in [2.75, 3.05) is 24.5 Å². The average molecular weight is 512 g/mol. The lowest BCUT2D eigenvalue weighted by molar-refractivity contribution is -0.118. The molecule has 0 unspecified atom stereocenters. The Morgan fingerprint density at radius 2 is 2.04 bits per heavy atom. The monoisotopic (exact) mass is 512 g/mol. The van der Waals surface area contributed by atoms with Crippen LogP contribution < -0.4 is 15.5 Å². The number of guanidine groups is 1. The van der Waals surface area contributed by atoms with Crippen LogP contribution >= 0.6 is 35.3 Å². The quantitative estimate of drug-likeness (QED) is 0.254. The Balaban J connectivity index is 0.00000280. The molecule has 3 rings (SSSR count). The van der Waals surface area contributed by atoms with E-state index in [2.05, 4.69) is 47.7 Å². The Morgan fingerprint density at radius 1 is 1.21 bits per heavy atom. The first kappa shape index (κ1) is 22.7. The average Bonchev–Trinajstić information content (AvgIpc) is 3.29. The van der Waals surface area contributed by atoms with Crippen LogP contribution in [0.5, 0.6) is 0 Å². The van der Waals surface area contributed by atoms with Gasteiger partial charge in [0, 0.05) is 41.5 Å². The number of para-hydroxylation sites is 1. The van der Waals surface area contributed by atoms with Gasteiger partial charge in [-0.05, 0) is 50.5 Å². The lowest BCUT2D eigenvalue weighted by atomic mass is 10.2. The highest BCUT2D eigenvalue weighted by Gasteiger charge is 2.23. The van der Waals surface area contributed by atoms with Crippen LogP contribution in [0.1, 0.15) is 35.1 Å². The van der Waals surface area contributed by atoms with E-state index in [9.17, 15) is 4.79 Å². The largest absolute Gasteiger partial charge is 0.357 e. The maximum Gasteiger partial charge on any atom is 0.227 e. The molecule has 28 heavy (non-hydrogen) atoms. The van der Waals surface area contributed by atoms with Crippen molar-refractivity contribution in [3.8, 4) is 0 Å². The molecule has 1 aromatic carbocycles. The molecule has 1 aliphatic heterocycles. The molecule has 0 aliphatic carbocycles. The molecule has 0 saturated carbocycles. The van der Waals surface area contributed by atoms with E-state index in [0.717, 1.165) is 44.1 Å². The van der Waals surface area contributed by atoms with E-state index >= 15 is 0 Å². The summed E-state index contributed by atoms with van der Waals surface area (Å²) in [6.45, 7) is 7.19. The van der Waals surface area contributed by atoms with Crippen LogP contribution in [0.3, 0.4) is 0 Å². The number of aryl methyl sites for hydroxylation is 1. The number of hydrogen-bond acceptors (Lipinski definition) is 3. The Labute approximate surface area is 188 Å². The molecule has 2 aromatic rings. The minimum absolute atomic E-state index is 0. The second kappa shape index (κ2) is 11.4. The predicted molar refractivity (Wildman–Crippen MR) is 129 cm³/mol. The zero-order valence-electron chi connectivity index (χ0n) is 16.5. The molecule has 0 radical (unpaired) electrons. The van der Waals surface area contributed by atoms with Gasteiger partial charge in [-0.2, -0.15) is 0 Å². The molecule has 0 atom stereocenters. The Hall–Kier alpha value is -1.61. The summed E-state index contributed by atoms with van der Waals surface area (Å²) in [5.41, 5.74) is 2.35. The summed E-state index contributed by atoms with van der Waals surface area (Å²) in [6.07, 6.45) is 2.30. The molecule has 152 valence electrons. The van der Waals surface area contributed by atoms with E-state index in [0.29, 0.717) is 13.0 Å². The third-order valence-electron chi connectivity index (χ3n) is 4.58. The van der Waals surface area contributed by atoms with Gasteiger partial charge >= 0.3 is 0 Å². The predicted octanol–water partition coefficient (Wildman–Crippen LogP) is 4.10. The molecule has 2 heterocycles. The van der Waals surface area contributed by atoms with Crippen LogP contribution in [-0.2, 0) is 17.8 Å². The van der Waals surface area contributed by atoms with Gasteiger partial charge in [-0.25, -0.2) is 4.99 Å². The molecule has 0 bridgehead atoms. The van der Waals surface area contributed by atoms with E-state index in [1.807, 2.05) is 23.1 Å². The second-order valence-corrected chi connectivity index (χ2v) is 8.03. The molecule has 1 aliphatic rings. The number of thiophene rings is 1. The molecule has 7 heteroatoms. The van der Waals surface area contributed by atoms with Crippen LogP contribution in [-0.4, -0.2) is 31.5 Å². The molecular formula is C21H29IN4OS. The van der Waals surface area contributed by atoms with Crippen molar-refractivity contribution in [2.24, 2.45) is 4.99 Å². The Morgan fingerprint density at radius 3 is 2.79 bits per heavy atom.